The molecule has 0 radical (unpaired) electrons. The maximum Gasteiger partial charge on any atom is 0.321 e. The molecule has 3 aliphatic rings. The van der Waals surface area contributed by atoms with Gasteiger partial charge in [0, 0.05) is 37.4 Å². The van der Waals surface area contributed by atoms with Gasteiger partial charge in [0.25, 0.3) is 5.56 Å². The minimum atomic E-state index is -0.114. The highest BCUT2D eigenvalue weighted by molar-refractivity contribution is 5.90. The Morgan fingerprint density at radius 1 is 1.06 bits per heavy atom. The summed E-state index contributed by atoms with van der Waals surface area (Å²) in [5.41, 5.74) is 3.84. The minimum absolute atomic E-state index is 0.0712. The van der Waals surface area contributed by atoms with Gasteiger partial charge in [0.2, 0.25) is 0 Å². The lowest BCUT2D eigenvalue weighted by Crippen LogP contribution is -2.49. The standard InChI is InChI=1S/C24H25N5O3/c30-23-15-4-1-2-6-17(15)25-21(27-23)14-28-10-12-29(13-11-28)24(31)26-18-7-3-5-16-19-8-9-20(32-19)22(16)18/h1-7,19-20H,8-14H2,(H,26,31)(H,25,27,30). The summed E-state index contributed by atoms with van der Waals surface area (Å²) in [5.74, 6) is 0.654. The second-order valence-corrected chi connectivity index (χ2v) is 8.72. The predicted octanol–water partition coefficient (Wildman–Crippen LogP) is 3.18. The maximum atomic E-state index is 12.9. The summed E-state index contributed by atoms with van der Waals surface area (Å²) in [4.78, 5) is 36.8. The van der Waals surface area contributed by atoms with Gasteiger partial charge < -0.3 is 19.9 Å². The van der Waals surface area contributed by atoms with E-state index in [0.717, 1.165) is 37.2 Å². The van der Waals surface area contributed by atoms with Crippen LogP contribution in [0.5, 0.6) is 0 Å². The average Bonchev–Trinajstić information content (AvgIpc) is 3.43. The Labute approximate surface area is 185 Å². The summed E-state index contributed by atoms with van der Waals surface area (Å²) >= 11 is 0. The summed E-state index contributed by atoms with van der Waals surface area (Å²) in [5, 5.41) is 3.72. The van der Waals surface area contributed by atoms with Crippen molar-refractivity contribution in [1.29, 1.82) is 0 Å². The minimum Gasteiger partial charge on any atom is -0.366 e. The van der Waals surface area contributed by atoms with E-state index < -0.39 is 0 Å². The molecule has 2 aromatic carbocycles. The highest BCUT2D eigenvalue weighted by Crippen LogP contribution is 2.52. The molecule has 0 spiro atoms. The summed E-state index contributed by atoms with van der Waals surface area (Å²) in [7, 11) is 0. The van der Waals surface area contributed by atoms with Crippen molar-refractivity contribution in [3.63, 3.8) is 0 Å². The van der Waals surface area contributed by atoms with E-state index in [9.17, 15) is 9.59 Å². The van der Waals surface area contributed by atoms with Gasteiger partial charge in [0.1, 0.15) is 5.82 Å². The van der Waals surface area contributed by atoms with Crippen LogP contribution < -0.4 is 10.9 Å². The van der Waals surface area contributed by atoms with Crippen molar-refractivity contribution in [2.45, 2.75) is 31.6 Å². The number of anilines is 1. The number of ether oxygens (including phenoxy) is 1. The molecule has 2 fully saturated rings. The molecule has 3 aromatic rings. The van der Waals surface area contributed by atoms with Gasteiger partial charge in [-0.05, 0) is 36.6 Å². The molecule has 4 heterocycles. The summed E-state index contributed by atoms with van der Waals surface area (Å²) < 4.78 is 6.01. The van der Waals surface area contributed by atoms with E-state index in [1.807, 2.05) is 35.2 Å². The van der Waals surface area contributed by atoms with Crippen molar-refractivity contribution >= 4 is 22.6 Å². The number of rotatable bonds is 3. The van der Waals surface area contributed by atoms with Crippen LogP contribution in [0.1, 0.15) is 42.0 Å². The Bertz CT molecular complexity index is 1250. The number of fused-ring (bicyclic) bond motifs is 6. The molecule has 2 unspecified atom stereocenters. The predicted molar refractivity (Wildman–Crippen MR) is 120 cm³/mol. The molecule has 6 rings (SSSR count). The van der Waals surface area contributed by atoms with Gasteiger partial charge in [-0.1, -0.05) is 24.3 Å². The normalized spacial score (nSPS) is 22.3. The first kappa shape index (κ1) is 19.5. The molecule has 2 amide bonds. The molecule has 1 aromatic heterocycles. The monoisotopic (exact) mass is 431 g/mol. The van der Waals surface area contributed by atoms with Gasteiger partial charge in [-0.15, -0.1) is 0 Å². The molecular formula is C24H25N5O3. The molecule has 2 N–H and O–H groups in total. The maximum absolute atomic E-state index is 12.9. The molecule has 8 heteroatoms. The quantitative estimate of drug-likeness (QED) is 0.665. The number of aromatic nitrogens is 2. The van der Waals surface area contributed by atoms with Gasteiger partial charge in [-0.2, -0.15) is 0 Å². The summed E-state index contributed by atoms with van der Waals surface area (Å²) in [6.45, 7) is 3.26. The number of H-pyrrole nitrogens is 1. The van der Waals surface area contributed by atoms with Crippen LogP contribution in [0.4, 0.5) is 10.5 Å². The van der Waals surface area contributed by atoms with E-state index in [4.69, 9.17) is 4.74 Å². The zero-order chi connectivity index (χ0) is 21.7. The molecule has 8 nitrogen and oxygen atoms in total. The van der Waals surface area contributed by atoms with Gasteiger partial charge in [-0.25, -0.2) is 9.78 Å². The van der Waals surface area contributed by atoms with Crippen LogP contribution >= 0.6 is 0 Å². The lowest BCUT2D eigenvalue weighted by atomic mass is 9.90. The second-order valence-electron chi connectivity index (χ2n) is 8.72. The van der Waals surface area contributed by atoms with Crippen molar-refractivity contribution in [2.24, 2.45) is 0 Å². The first-order valence-electron chi connectivity index (χ1n) is 11.2. The molecule has 3 aliphatic heterocycles. The van der Waals surface area contributed by atoms with Crippen molar-refractivity contribution in [3.05, 3.63) is 69.8 Å². The number of piperazine rings is 1. The summed E-state index contributed by atoms with van der Waals surface area (Å²) in [6.07, 6.45) is 2.38. The number of carbonyl (C=O) groups excluding carboxylic acids is 1. The van der Waals surface area contributed by atoms with Crippen molar-refractivity contribution < 1.29 is 9.53 Å². The molecule has 32 heavy (non-hydrogen) atoms. The Hall–Kier alpha value is -3.23. The molecular weight excluding hydrogens is 406 g/mol. The fourth-order valence-corrected chi connectivity index (χ4v) is 5.14. The first-order valence-corrected chi connectivity index (χ1v) is 11.2. The van der Waals surface area contributed by atoms with E-state index in [1.54, 1.807) is 6.07 Å². The Morgan fingerprint density at radius 3 is 2.75 bits per heavy atom. The zero-order valence-corrected chi connectivity index (χ0v) is 17.7. The van der Waals surface area contributed by atoms with E-state index in [0.29, 0.717) is 36.4 Å². The molecule has 164 valence electrons. The number of aromatic amines is 1. The Morgan fingerprint density at radius 2 is 1.88 bits per heavy atom. The number of nitrogens with one attached hydrogen (secondary N) is 2. The number of para-hydroxylation sites is 1. The van der Waals surface area contributed by atoms with Crippen molar-refractivity contribution in [3.8, 4) is 0 Å². The van der Waals surface area contributed by atoms with Gasteiger partial charge in [0.15, 0.2) is 0 Å². The fourth-order valence-electron chi connectivity index (χ4n) is 5.14. The van der Waals surface area contributed by atoms with E-state index >= 15 is 0 Å². The third-order valence-corrected chi connectivity index (χ3v) is 6.76. The number of amides is 2. The topological polar surface area (TPSA) is 90.6 Å². The number of hydrogen-bond acceptors (Lipinski definition) is 5. The van der Waals surface area contributed by atoms with E-state index in [-0.39, 0.29) is 23.8 Å². The third-order valence-electron chi connectivity index (χ3n) is 6.76. The number of carbonyl (C=O) groups is 1. The molecule has 0 saturated carbocycles. The molecule has 0 aliphatic carbocycles. The van der Waals surface area contributed by atoms with Crippen LogP contribution in [0.3, 0.4) is 0 Å². The second kappa shape index (κ2) is 7.72. The Balaban J connectivity index is 1.09. The van der Waals surface area contributed by atoms with Gasteiger partial charge in [-0.3, -0.25) is 9.69 Å². The van der Waals surface area contributed by atoms with Crippen LogP contribution in [0.15, 0.2) is 47.3 Å². The average molecular weight is 431 g/mol. The van der Waals surface area contributed by atoms with E-state index in [1.165, 1.54) is 5.56 Å². The van der Waals surface area contributed by atoms with Crippen molar-refractivity contribution in [2.75, 3.05) is 31.5 Å². The van der Waals surface area contributed by atoms with E-state index in [2.05, 4.69) is 26.3 Å². The number of hydrogen-bond donors (Lipinski definition) is 2. The third kappa shape index (κ3) is 3.36. The fraction of sp³-hybridized carbons (Fsp3) is 0.375. The first-order chi connectivity index (χ1) is 15.7. The smallest absolute Gasteiger partial charge is 0.321 e. The van der Waals surface area contributed by atoms with Crippen molar-refractivity contribution in [1.82, 2.24) is 19.8 Å². The summed E-state index contributed by atoms with van der Waals surface area (Å²) in [6, 6.07) is 13.4. The zero-order valence-electron chi connectivity index (χ0n) is 17.7. The number of urea groups is 1. The van der Waals surface area contributed by atoms with Gasteiger partial charge >= 0.3 is 6.03 Å². The lowest BCUT2D eigenvalue weighted by molar-refractivity contribution is 0.0718. The SMILES string of the molecule is O=C(Nc1cccc2c1C1CCC2O1)N1CCN(Cc2nc3ccccc3c(=O)[nH]2)CC1. The van der Waals surface area contributed by atoms with Gasteiger partial charge in [0.05, 0.1) is 29.7 Å². The number of benzene rings is 2. The number of nitrogens with zero attached hydrogens (tertiary/aromatic N) is 3. The lowest BCUT2D eigenvalue weighted by Gasteiger charge is -2.34. The highest BCUT2D eigenvalue weighted by Gasteiger charge is 2.39. The van der Waals surface area contributed by atoms with Crippen LogP contribution in [0.25, 0.3) is 10.9 Å². The molecule has 2 atom stereocenters. The largest absolute Gasteiger partial charge is 0.366 e. The molecule has 2 saturated heterocycles. The highest BCUT2D eigenvalue weighted by atomic mass is 16.5. The van der Waals surface area contributed by atoms with Crippen LogP contribution in [-0.4, -0.2) is 52.0 Å². The molecule has 2 bridgehead atoms. The Kier molecular flexibility index (Phi) is 4.69. The van der Waals surface area contributed by atoms with Crippen LogP contribution in [0, 0.1) is 0 Å². The van der Waals surface area contributed by atoms with Crippen LogP contribution in [0.2, 0.25) is 0 Å². The van der Waals surface area contributed by atoms with Crippen LogP contribution in [-0.2, 0) is 11.3 Å².